The molecule has 3 N–H and O–H groups in total. The summed E-state index contributed by atoms with van der Waals surface area (Å²) in [5.41, 5.74) is 7.40. The maximum atomic E-state index is 5.78. The van der Waals surface area contributed by atoms with E-state index in [2.05, 4.69) is 40.1 Å². The Bertz CT molecular complexity index is 310. The van der Waals surface area contributed by atoms with Crippen molar-refractivity contribution in [1.82, 2.24) is 4.98 Å². The van der Waals surface area contributed by atoms with E-state index < -0.39 is 0 Å². The van der Waals surface area contributed by atoms with E-state index in [1.54, 1.807) is 0 Å². The van der Waals surface area contributed by atoms with Crippen molar-refractivity contribution in [3.8, 4) is 0 Å². The molecule has 0 radical (unpaired) electrons. The maximum absolute atomic E-state index is 5.78. The molecule has 72 valence electrons. The molecule has 1 aromatic heterocycles. The van der Waals surface area contributed by atoms with Gasteiger partial charge in [0.25, 0.3) is 0 Å². The van der Waals surface area contributed by atoms with Crippen LogP contribution in [-0.2, 0) is 0 Å². The predicted octanol–water partition coefficient (Wildman–Crippen LogP) is 2.56. The summed E-state index contributed by atoms with van der Waals surface area (Å²) in [5.74, 6) is 0.760. The fraction of sp³-hybridized carbons (Fsp3) is 0.444. The summed E-state index contributed by atoms with van der Waals surface area (Å²) < 4.78 is 0.944. The topological polar surface area (TPSA) is 50.9 Å². The lowest BCUT2D eigenvalue weighted by Crippen LogP contribution is -2.13. The molecule has 0 saturated carbocycles. The van der Waals surface area contributed by atoms with E-state index in [1.807, 2.05) is 13.0 Å². The monoisotopic (exact) mass is 243 g/mol. The van der Waals surface area contributed by atoms with Crippen molar-refractivity contribution in [2.75, 3.05) is 11.1 Å². The number of aromatic nitrogens is 1. The van der Waals surface area contributed by atoms with E-state index in [0.29, 0.717) is 11.7 Å². The Labute approximate surface area is 86.9 Å². The number of rotatable bonds is 2. The van der Waals surface area contributed by atoms with Gasteiger partial charge in [-0.1, -0.05) is 0 Å². The van der Waals surface area contributed by atoms with Gasteiger partial charge in [0, 0.05) is 10.5 Å². The first-order chi connectivity index (χ1) is 6.00. The second-order valence-corrected chi connectivity index (χ2v) is 4.15. The van der Waals surface area contributed by atoms with Gasteiger partial charge in [0.05, 0.1) is 11.4 Å². The number of nitrogens with two attached hydrogens (primary N) is 1. The van der Waals surface area contributed by atoms with Gasteiger partial charge in [0.15, 0.2) is 0 Å². The number of hydrogen-bond acceptors (Lipinski definition) is 3. The van der Waals surface area contributed by atoms with Crippen LogP contribution in [-0.4, -0.2) is 11.0 Å². The highest BCUT2D eigenvalue weighted by molar-refractivity contribution is 9.10. The highest BCUT2D eigenvalue weighted by Gasteiger charge is 2.05. The van der Waals surface area contributed by atoms with Crippen LogP contribution >= 0.6 is 15.9 Å². The molecule has 0 amide bonds. The molecule has 3 nitrogen and oxygen atoms in total. The minimum atomic E-state index is 0.343. The molecule has 0 spiro atoms. The summed E-state index contributed by atoms with van der Waals surface area (Å²) in [6, 6.07) is 2.21. The van der Waals surface area contributed by atoms with Crippen molar-refractivity contribution < 1.29 is 0 Å². The van der Waals surface area contributed by atoms with Crippen LogP contribution in [0.3, 0.4) is 0 Å². The highest BCUT2D eigenvalue weighted by Crippen LogP contribution is 2.23. The second-order valence-electron chi connectivity index (χ2n) is 3.29. The number of nitrogens with zero attached hydrogens (tertiary/aromatic N) is 1. The fourth-order valence-corrected chi connectivity index (χ4v) is 1.32. The molecular formula is C9H14BrN3. The summed E-state index contributed by atoms with van der Waals surface area (Å²) in [7, 11) is 0. The SMILES string of the molecule is Cc1nc(NC(C)C)c(N)cc1Br. The van der Waals surface area contributed by atoms with Gasteiger partial charge < -0.3 is 11.1 Å². The molecule has 1 heterocycles. The van der Waals surface area contributed by atoms with Gasteiger partial charge in [-0.25, -0.2) is 4.98 Å². The molecule has 0 fully saturated rings. The first-order valence-corrected chi connectivity index (χ1v) is 4.99. The van der Waals surface area contributed by atoms with Crippen LogP contribution in [0.2, 0.25) is 0 Å². The van der Waals surface area contributed by atoms with Gasteiger partial charge in [-0.2, -0.15) is 0 Å². The van der Waals surface area contributed by atoms with Crippen LogP contribution < -0.4 is 11.1 Å². The van der Waals surface area contributed by atoms with E-state index in [1.165, 1.54) is 0 Å². The van der Waals surface area contributed by atoms with Gasteiger partial charge in [-0.3, -0.25) is 0 Å². The van der Waals surface area contributed by atoms with Gasteiger partial charge in [-0.15, -0.1) is 0 Å². The standard InChI is InChI=1S/C9H14BrN3/c1-5(2)12-9-8(11)4-7(10)6(3)13-9/h4-5H,11H2,1-3H3,(H,12,13). The normalized spacial score (nSPS) is 10.5. The minimum Gasteiger partial charge on any atom is -0.396 e. The number of anilines is 2. The number of pyridine rings is 1. The smallest absolute Gasteiger partial charge is 0.149 e. The molecule has 13 heavy (non-hydrogen) atoms. The third kappa shape index (κ3) is 2.59. The highest BCUT2D eigenvalue weighted by atomic mass is 79.9. The van der Waals surface area contributed by atoms with Gasteiger partial charge >= 0.3 is 0 Å². The first-order valence-electron chi connectivity index (χ1n) is 4.20. The summed E-state index contributed by atoms with van der Waals surface area (Å²) in [6.07, 6.45) is 0. The molecule has 0 unspecified atom stereocenters. The number of nitrogen functional groups attached to an aromatic ring is 1. The van der Waals surface area contributed by atoms with E-state index in [9.17, 15) is 0 Å². The number of aryl methyl sites for hydroxylation is 1. The summed E-state index contributed by atoms with van der Waals surface area (Å²) >= 11 is 3.38. The molecule has 4 heteroatoms. The van der Waals surface area contributed by atoms with Crippen molar-refractivity contribution >= 4 is 27.4 Å². The molecule has 0 aliphatic carbocycles. The summed E-state index contributed by atoms with van der Waals surface area (Å²) in [4.78, 5) is 4.33. The lowest BCUT2D eigenvalue weighted by Gasteiger charge is -2.12. The number of hydrogen-bond donors (Lipinski definition) is 2. The molecule has 0 bridgehead atoms. The van der Waals surface area contributed by atoms with E-state index in [0.717, 1.165) is 16.0 Å². The Balaban J connectivity index is 3.01. The number of halogens is 1. The lowest BCUT2D eigenvalue weighted by atomic mass is 10.3. The van der Waals surface area contributed by atoms with Crippen LogP contribution in [0.5, 0.6) is 0 Å². The predicted molar refractivity (Wildman–Crippen MR) is 59.8 cm³/mol. The maximum Gasteiger partial charge on any atom is 0.149 e. The van der Waals surface area contributed by atoms with Gasteiger partial charge in [-0.05, 0) is 42.8 Å². The molecule has 1 rings (SSSR count). The third-order valence-corrected chi connectivity index (χ3v) is 2.41. The van der Waals surface area contributed by atoms with Gasteiger partial charge in [0.2, 0.25) is 0 Å². The van der Waals surface area contributed by atoms with Crippen LogP contribution in [0.1, 0.15) is 19.5 Å². The van der Waals surface area contributed by atoms with Crippen LogP contribution in [0.4, 0.5) is 11.5 Å². The third-order valence-electron chi connectivity index (χ3n) is 1.61. The molecule has 0 saturated heterocycles. The summed E-state index contributed by atoms with van der Waals surface area (Å²) in [6.45, 7) is 6.05. The van der Waals surface area contributed by atoms with Crippen molar-refractivity contribution in [1.29, 1.82) is 0 Å². The molecule has 0 atom stereocenters. The average molecular weight is 244 g/mol. The minimum absolute atomic E-state index is 0.343. The molecule has 0 aromatic carbocycles. The molecular weight excluding hydrogens is 230 g/mol. The van der Waals surface area contributed by atoms with E-state index in [-0.39, 0.29) is 0 Å². The molecule has 1 aromatic rings. The Morgan fingerprint density at radius 1 is 1.54 bits per heavy atom. The molecule has 0 aliphatic heterocycles. The number of nitrogens with one attached hydrogen (secondary N) is 1. The van der Waals surface area contributed by atoms with Crippen molar-refractivity contribution in [2.45, 2.75) is 26.8 Å². The van der Waals surface area contributed by atoms with Crippen molar-refractivity contribution in [3.63, 3.8) is 0 Å². The molecule has 0 aliphatic rings. The Morgan fingerprint density at radius 3 is 2.69 bits per heavy atom. The largest absolute Gasteiger partial charge is 0.396 e. The quantitative estimate of drug-likeness (QED) is 0.840. The van der Waals surface area contributed by atoms with Crippen LogP contribution in [0.25, 0.3) is 0 Å². The zero-order valence-corrected chi connectivity index (χ0v) is 9.64. The average Bonchev–Trinajstić information content (AvgIpc) is 1.99. The van der Waals surface area contributed by atoms with Crippen LogP contribution in [0.15, 0.2) is 10.5 Å². The van der Waals surface area contributed by atoms with Crippen molar-refractivity contribution in [3.05, 3.63) is 16.2 Å². The van der Waals surface area contributed by atoms with Crippen molar-refractivity contribution in [2.24, 2.45) is 0 Å². The van der Waals surface area contributed by atoms with E-state index in [4.69, 9.17) is 5.73 Å². The Morgan fingerprint density at radius 2 is 2.15 bits per heavy atom. The van der Waals surface area contributed by atoms with Gasteiger partial charge in [0.1, 0.15) is 5.82 Å². The van der Waals surface area contributed by atoms with E-state index >= 15 is 0 Å². The fourth-order valence-electron chi connectivity index (χ4n) is 0.984. The Hall–Kier alpha value is -0.770. The zero-order chi connectivity index (χ0) is 10.0. The summed E-state index contributed by atoms with van der Waals surface area (Å²) in [5, 5.41) is 3.18. The first kappa shape index (κ1) is 10.3. The second kappa shape index (κ2) is 3.96. The van der Waals surface area contributed by atoms with Crippen LogP contribution in [0, 0.1) is 6.92 Å². The Kier molecular flexibility index (Phi) is 3.14. The zero-order valence-electron chi connectivity index (χ0n) is 8.06. The lowest BCUT2D eigenvalue weighted by molar-refractivity contribution is 0.887.